The number of carbonyl (C=O) groups excluding carboxylic acids is 3. The van der Waals surface area contributed by atoms with Gasteiger partial charge in [-0.2, -0.15) is 0 Å². The molecule has 3 amide bonds. The largest absolute Gasteiger partial charge is 0.356 e. The lowest BCUT2D eigenvalue weighted by Gasteiger charge is -2.30. The molecule has 2 N–H and O–H groups in total. The van der Waals surface area contributed by atoms with Gasteiger partial charge in [-0.05, 0) is 19.3 Å². The van der Waals surface area contributed by atoms with Gasteiger partial charge in [0.15, 0.2) is 0 Å². The Hall–Kier alpha value is -1.59. The molecule has 1 rings (SSSR count). The van der Waals surface area contributed by atoms with Crippen molar-refractivity contribution in [2.24, 2.45) is 5.92 Å². The zero-order valence-corrected chi connectivity index (χ0v) is 11.7. The van der Waals surface area contributed by atoms with Gasteiger partial charge in [0, 0.05) is 45.9 Å². The molecule has 0 aromatic carbocycles. The number of hydrogen-bond acceptors (Lipinski definition) is 3. The van der Waals surface area contributed by atoms with E-state index in [9.17, 15) is 14.4 Å². The summed E-state index contributed by atoms with van der Waals surface area (Å²) in [6.45, 7) is 5.52. The van der Waals surface area contributed by atoms with Crippen LogP contribution in [0.3, 0.4) is 0 Å². The Morgan fingerprint density at radius 2 is 1.63 bits per heavy atom. The Labute approximate surface area is 113 Å². The first-order valence-electron chi connectivity index (χ1n) is 6.78. The first-order chi connectivity index (χ1) is 9.00. The van der Waals surface area contributed by atoms with Crippen molar-refractivity contribution in [3.63, 3.8) is 0 Å². The maximum Gasteiger partial charge on any atom is 0.223 e. The highest BCUT2D eigenvalue weighted by Gasteiger charge is 2.25. The number of hydrogen-bond donors (Lipinski definition) is 2. The highest BCUT2D eigenvalue weighted by molar-refractivity contribution is 5.79. The molecule has 19 heavy (non-hydrogen) atoms. The molecule has 6 heteroatoms. The van der Waals surface area contributed by atoms with E-state index in [4.69, 9.17) is 0 Å². The molecule has 1 aliphatic rings. The van der Waals surface area contributed by atoms with Crippen LogP contribution in [0.15, 0.2) is 0 Å². The lowest BCUT2D eigenvalue weighted by Crippen LogP contribution is -2.42. The number of likely N-dealkylation sites (tertiary alicyclic amines) is 1. The fourth-order valence-electron chi connectivity index (χ4n) is 2.17. The maximum absolute atomic E-state index is 11.9. The third kappa shape index (κ3) is 5.72. The van der Waals surface area contributed by atoms with Gasteiger partial charge in [0.2, 0.25) is 17.7 Å². The van der Waals surface area contributed by atoms with E-state index >= 15 is 0 Å². The van der Waals surface area contributed by atoms with Crippen LogP contribution in [-0.4, -0.2) is 48.8 Å². The van der Waals surface area contributed by atoms with Crippen LogP contribution in [0.1, 0.15) is 33.1 Å². The molecule has 0 radical (unpaired) electrons. The van der Waals surface area contributed by atoms with E-state index in [1.165, 1.54) is 6.92 Å². The predicted molar refractivity (Wildman–Crippen MR) is 71.3 cm³/mol. The molecule has 0 aromatic heterocycles. The van der Waals surface area contributed by atoms with Gasteiger partial charge in [0.05, 0.1) is 0 Å². The van der Waals surface area contributed by atoms with Gasteiger partial charge in [-0.1, -0.05) is 0 Å². The Kier molecular flexibility index (Phi) is 6.32. The zero-order valence-electron chi connectivity index (χ0n) is 11.7. The van der Waals surface area contributed by atoms with Crippen molar-refractivity contribution < 1.29 is 14.4 Å². The summed E-state index contributed by atoms with van der Waals surface area (Å²) in [6, 6.07) is 0. The number of nitrogens with zero attached hydrogens (tertiary/aromatic N) is 1. The molecular weight excluding hydrogens is 246 g/mol. The van der Waals surface area contributed by atoms with Crippen molar-refractivity contribution in [2.45, 2.75) is 33.1 Å². The molecular formula is C13H23N3O3. The molecule has 0 saturated carbocycles. The van der Waals surface area contributed by atoms with E-state index in [1.54, 1.807) is 11.8 Å². The molecule has 0 aromatic rings. The fraction of sp³-hybridized carbons (Fsp3) is 0.769. The monoisotopic (exact) mass is 269 g/mol. The second-order valence-electron chi connectivity index (χ2n) is 4.91. The van der Waals surface area contributed by atoms with E-state index in [2.05, 4.69) is 10.6 Å². The topological polar surface area (TPSA) is 78.5 Å². The van der Waals surface area contributed by atoms with Crippen LogP contribution in [0.2, 0.25) is 0 Å². The maximum atomic E-state index is 11.9. The molecule has 1 fully saturated rings. The van der Waals surface area contributed by atoms with E-state index in [0.29, 0.717) is 26.2 Å². The minimum atomic E-state index is -0.0528. The molecule has 0 spiro atoms. The van der Waals surface area contributed by atoms with Crippen molar-refractivity contribution in [3.8, 4) is 0 Å². The van der Waals surface area contributed by atoms with Crippen LogP contribution >= 0.6 is 0 Å². The van der Waals surface area contributed by atoms with Crippen molar-refractivity contribution in [1.82, 2.24) is 15.5 Å². The van der Waals surface area contributed by atoms with Crippen LogP contribution in [-0.2, 0) is 14.4 Å². The van der Waals surface area contributed by atoms with Gasteiger partial charge in [-0.15, -0.1) is 0 Å². The molecule has 1 aliphatic heterocycles. The average molecular weight is 269 g/mol. The van der Waals surface area contributed by atoms with Crippen LogP contribution < -0.4 is 10.6 Å². The van der Waals surface area contributed by atoms with Crippen molar-refractivity contribution in [2.75, 3.05) is 26.2 Å². The highest BCUT2D eigenvalue weighted by Crippen LogP contribution is 2.17. The SMILES string of the molecule is CC(=O)NCCCNC(=O)C1CCN(C(C)=O)CC1. The first kappa shape index (κ1) is 15.5. The minimum Gasteiger partial charge on any atom is -0.356 e. The van der Waals surface area contributed by atoms with E-state index < -0.39 is 0 Å². The molecule has 0 bridgehead atoms. The summed E-state index contributed by atoms with van der Waals surface area (Å²) < 4.78 is 0. The van der Waals surface area contributed by atoms with E-state index in [-0.39, 0.29) is 23.6 Å². The van der Waals surface area contributed by atoms with Gasteiger partial charge >= 0.3 is 0 Å². The quantitative estimate of drug-likeness (QED) is 0.683. The van der Waals surface area contributed by atoms with Gasteiger partial charge in [0.1, 0.15) is 0 Å². The highest BCUT2D eigenvalue weighted by atomic mass is 16.2. The fourth-order valence-corrected chi connectivity index (χ4v) is 2.17. The van der Waals surface area contributed by atoms with Gasteiger partial charge < -0.3 is 15.5 Å². The summed E-state index contributed by atoms with van der Waals surface area (Å²) in [4.78, 5) is 35.5. The normalized spacial score (nSPS) is 16.0. The molecule has 0 atom stereocenters. The van der Waals surface area contributed by atoms with Crippen molar-refractivity contribution in [3.05, 3.63) is 0 Å². The van der Waals surface area contributed by atoms with E-state index in [0.717, 1.165) is 19.3 Å². The van der Waals surface area contributed by atoms with Gasteiger partial charge in [0.25, 0.3) is 0 Å². The second kappa shape index (κ2) is 7.76. The lowest BCUT2D eigenvalue weighted by molar-refractivity contribution is -0.133. The summed E-state index contributed by atoms with van der Waals surface area (Å²) in [6.07, 6.45) is 2.20. The van der Waals surface area contributed by atoms with Crippen LogP contribution in [0.4, 0.5) is 0 Å². The standard InChI is InChI=1S/C13H23N3O3/c1-10(17)14-6-3-7-15-13(19)12-4-8-16(9-5-12)11(2)18/h12H,3-9H2,1-2H3,(H,14,17)(H,15,19). The van der Waals surface area contributed by atoms with Crippen molar-refractivity contribution in [1.29, 1.82) is 0 Å². The summed E-state index contributed by atoms with van der Waals surface area (Å²) in [5.41, 5.74) is 0. The summed E-state index contributed by atoms with van der Waals surface area (Å²) in [7, 11) is 0. The van der Waals surface area contributed by atoms with Crippen LogP contribution in [0.25, 0.3) is 0 Å². The molecule has 1 heterocycles. The van der Waals surface area contributed by atoms with Crippen LogP contribution in [0.5, 0.6) is 0 Å². The Balaban J connectivity index is 2.14. The molecule has 1 saturated heterocycles. The van der Waals surface area contributed by atoms with Gasteiger partial charge in [-0.3, -0.25) is 14.4 Å². The first-order valence-corrected chi connectivity index (χ1v) is 6.78. The summed E-state index contributed by atoms with van der Waals surface area (Å²) in [5, 5.41) is 5.56. The smallest absolute Gasteiger partial charge is 0.223 e. The Morgan fingerprint density at radius 1 is 1.05 bits per heavy atom. The number of carbonyl (C=O) groups is 3. The Morgan fingerprint density at radius 3 is 2.16 bits per heavy atom. The second-order valence-corrected chi connectivity index (χ2v) is 4.91. The molecule has 108 valence electrons. The number of nitrogens with one attached hydrogen (secondary N) is 2. The van der Waals surface area contributed by atoms with Crippen LogP contribution in [0, 0.1) is 5.92 Å². The zero-order chi connectivity index (χ0) is 14.3. The average Bonchev–Trinajstić information content (AvgIpc) is 2.37. The number of rotatable bonds is 5. The Bertz CT molecular complexity index is 336. The minimum absolute atomic E-state index is 0.0105. The van der Waals surface area contributed by atoms with Crippen molar-refractivity contribution >= 4 is 17.7 Å². The predicted octanol–water partition coefficient (Wildman–Crippen LogP) is -0.113. The van der Waals surface area contributed by atoms with Gasteiger partial charge in [-0.25, -0.2) is 0 Å². The third-order valence-corrected chi connectivity index (χ3v) is 3.34. The molecule has 0 unspecified atom stereocenters. The van der Waals surface area contributed by atoms with E-state index in [1.807, 2.05) is 0 Å². The number of piperidine rings is 1. The number of amides is 3. The lowest BCUT2D eigenvalue weighted by atomic mass is 9.96. The molecule has 0 aliphatic carbocycles. The molecule has 6 nitrogen and oxygen atoms in total. The third-order valence-electron chi connectivity index (χ3n) is 3.34. The summed E-state index contributed by atoms with van der Waals surface area (Å²) in [5.74, 6) is 0.0967. The summed E-state index contributed by atoms with van der Waals surface area (Å²) >= 11 is 0.